The molecule has 0 aliphatic rings. The second kappa shape index (κ2) is 5.55. The predicted octanol–water partition coefficient (Wildman–Crippen LogP) is 1.88. The van der Waals surface area contributed by atoms with Crippen LogP contribution in [-0.4, -0.2) is 15.7 Å². The van der Waals surface area contributed by atoms with Crippen molar-refractivity contribution in [3.8, 4) is 6.07 Å². The summed E-state index contributed by atoms with van der Waals surface area (Å²) in [4.78, 5) is 11.9. The molecule has 0 saturated carbocycles. The third kappa shape index (κ3) is 3.12. The Morgan fingerprint density at radius 1 is 1.47 bits per heavy atom. The lowest BCUT2D eigenvalue weighted by Gasteiger charge is -2.03. The first-order chi connectivity index (χ1) is 9.10. The number of carbonyl (C=O) groups is 1. The van der Waals surface area contributed by atoms with Crippen LogP contribution in [0, 0.1) is 11.3 Å². The number of nitrogens with one attached hydrogen (secondary N) is 1. The molecule has 1 N–H and O–H groups in total. The molecule has 0 aliphatic carbocycles. The monoisotopic (exact) mass is 274 g/mol. The number of amides is 1. The quantitative estimate of drug-likeness (QED) is 0.929. The molecule has 0 saturated heterocycles. The van der Waals surface area contributed by atoms with Crippen LogP contribution in [0.2, 0.25) is 5.02 Å². The molecule has 19 heavy (non-hydrogen) atoms. The molecule has 0 radical (unpaired) electrons. The number of halogens is 1. The number of nitriles is 1. The average Bonchev–Trinajstić information content (AvgIpc) is 2.75. The number of nitrogens with zero attached hydrogens (tertiary/aromatic N) is 3. The lowest BCUT2D eigenvalue weighted by Crippen LogP contribution is -2.23. The molecule has 2 aromatic rings. The first-order valence-corrected chi connectivity index (χ1v) is 5.94. The third-order valence-electron chi connectivity index (χ3n) is 2.54. The minimum absolute atomic E-state index is 0.206. The van der Waals surface area contributed by atoms with Crippen LogP contribution in [0.3, 0.4) is 0 Å². The van der Waals surface area contributed by atoms with Crippen LogP contribution < -0.4 is 5.32 Å². The summed E-state index contributed by atoms with van der Waals surface area (Å²) in [5.74, 6) is -0.324. The number of benzene rings is 1. The van der Waals surface area contributed by atoms with Gasteiger partial charge in [-0.2, -0.15) is 10.4 Å². The van der Waals surface area contributed by atoms with Gasteiger partial charge in [-0.25, -0.2) is 0 Å². The van der Waals surface area contributed by atoms with Crippen molar-refractivity contribution < 1.29 is 4.79 Å². The molecule has 6 heteroatoms. The molecule has 0 unspecified atom stereocenters. The lowest BCUT2D eigenvalue weighted by atomic mass is 10.1. The minimum atomic E-state index is -0.324. The smallest absolute Gasteiger partial charge is 0.273 e. The zero-order chi connectivity index (χ0) is 13.8. The van der Waals surface area contributed by atoms with Crippen molar-refractivity contribution in [1.82, 2.24) is 15.1 Å². The van der Waals surface area contributed by atoms with Crippen LogP contribution in [0.1, 0.15) is 21.6 Å². The third-order valence-corrected chi connectivity index (χ3v) is 2.81. The second-order valence-electron chi connectivity index (χ2n) is 3.99. The maximum atomic E-state index is 11.9. The Morgan fingerprint density at radius 2 is 2.16 bits per heavy atom. The van der Waals surface area contributed by atoms with E-state index in [0.717, 1.165) is 5.56 Å². The fraction of sp³-hybridized carbons (Fsp3) is 0.154. The highest BCUT2D eigenvalue weighted by Gasteiger charge is 2.13. The highest BCUT2D eigenvalue weighted by molar-refractivity contribution is 6.33. The van der Waals surface area contributed by atoms with E-state index in [0.29, 0.717) is 17.1 Å². The largest absolute Gasteiger partial charge is 0.347 e. The fourth-order valence-electron chi connectivity index (χ4n) is 1.58. The maximum absolute atomic E-state index is 11.9. The van der Waals surface area contributed by atoms with Crippen molar-refractivity contribution in [3.63, 3.8) is 0 Å². The fourth-order valence-corrected chi connectivity index (χ4v) is 1.84. The number of hydrogen-bond donors (Lipinski definition) is 1. The van der Waals surface area contributed by atoms with Gasteiger partial charge in [-0.1, -0.05) is 23.7 Å². The average molecular weight is 275 g/mol. The summed E-state index contributed by atoms with van der Waals surface area (Å²) in [6, 6.07) is 9.03. The molecule has 5 nitrogen and oxygen atoms in total. The Hall–Kier alpha value is -2.32. The standard InChI is InChI=1S/C13H11ClN4O/c1-18-8-11(14)12(17-18)13(19)16-7-10-4-2-9(6-15)3-5-10/h2-5,8H,7H2,1H3,(H,16,19). The van der Waals surface area contributed by atoms with Gasteiger partial charge in [0.05, 0.1) is 16.7 Å². The summed E-state index contributed by atoms with van der Waals surface area (Å²) in [6.45, 7) is 0.359. The number of carbonyl (C=O) groups excluding carboxylic acids is 1. The molecular formula is C13H11ClN4O. The first-order valence-electron chi connectivity index (χ1n) is 5.56. The van der Waals surface area contributed by atoms with Crippen LogP contribution in [0.4, 0.5) is 0 Å². The van der Waals surface area contributed by atoms with Crippen LogP contribution in [0.5, 0.6) is 0 Å². The Kier molecular flexibility index (Phi) is 3.83. The SMILES string of the molecule is Cn1cc(Cl)c(C(=O)NCc2ccc(C#N)cc2)n1. The topological polar surface area (TPSA) is 70.7 Å². The van der Waals surface area contributed by atoms with Crippen molar-refractivity contribution in [2.24, 2.45) is 7.05 Å². The van der Waals surface area contributed by atoms with Gasteiger partial charge in [-0.05, 0) is 17.7 Å². The Bertz CT molecular complexity index is 640. The van der Waals surface area contributed by atoms with E-state index in [1.165, 1.54) is 4.68 Å². The van der Waals surface area contributed by atoms with Crippen molar-refractivity contribution >= 4 is 17.5 Å². The highest BCUT2D eigenvalue weighted by atomic mass is 35.5. The number of aromatic nitrogens is 2. The van der Waals surface area contributed by atoms with Crippen molar-refractivity contribution in [2.45, 2.75) is 6.54 Å². The first kappa shape index (κ1) is 13.1. The Balaban J connectivity index is 2.00. The molecule has 1 amide bonds. The molecule has 1 heterocycles. The van der Waals surface area contributed by atoms with E-state index in [9.17, 15) is 4.79 Å². The molecular weight excluding hydrogens is 264 g/mol. The van der Waals surface area contributed by atoms with Crippen LogP contribution in [0.15, 0.2) is 30.5 Å². The number of hydrogen-bond acceptors (Lipinski definition) is 3. The van der Waals surface area contributed by atoms with Crippen molar-refractivity contribution in [1.29, 1.82) is 5.26 Å². The zero-order valence-electron chi connectivity index (χ0n) is 10.2. The summed E-state index contributed by atoms with van der Waals surface area (Å²) in [6.07, 6.45) is 1.57. The molecule has 0 bridgehead atoms. The van der Waals surface area contributed by atoms with E-state index in [1.54, 1.807) is 37.5 Å². The van der Waals surface area contributed by atoms with E-state index in [1.807, 2.05) is 6.07 Å². The van der Waals surface area contributed by atoms with E-state index >= 15 is 0 Å². The van der Waals surface area contributed by atoms with Gasteiger partial charge in [0.15, 0.2) is 5.69 Å². The van der Waals surface area contributed by atoms with Gasteiger partial charge in [0, 0.05) is 19.8 Å². The predicted molar refractivity (Wildman–Crippen MR) is 70.5 cm³/mol. The van der Waals surface area contributed by atoms with Crippen LogP contribution >= 0.6 is 11.6 Å². The molecule has 2 rings (SSSR count). The molecule has 1 aromatic heterocycles. The molecule has 0 spiro atoms. The van der Waals surface area contributed by atoms with Gasteiger partial charge in [0.2, 0.25) is 0 Å². The van der Waals surface area contributed by atoms with Crippen LogP contribution in [-0.2, 0) is 13.6 Å². The zero-order valence-corrected chi connectivity index (χ0v) is 11.0. The van der Waals surface area contributed by atoms with Crippen molar-refractivity contribution in [3.05, 3.63) is 52.3 Å². The molecule has 96 valence electrons. The van der Waals surface area contributed by atoms with E-state index < -0.39 is 0 Å². The lowest BCUT2D eigenvalue weighted by molar-refractivity contribution is 0.0945. The minimum Gasteiger partial charge on any atom is -0.347 e. The van der Waals surface area contributed by atoms with E-state index in [2.05, 4.69) is 10.4 Å². The van der Waals surface area contributed by atoms with Gasteiger partial charge >= 0.3 is 0 Å². The molecule has 0 fully saturated rings. The van der Waals surface area contributed by atoms with Gasteiger partial charge in [-0.3, -0.25) is 9.48 Å². The van der Waals surface area contributed by atoms with Gasteiger partial charge in [0.25, 0.3) is 5.91 Å². The van der Waals surface area contributed by atoms with E-state index in [4.69, 9.17) is 16.9 Å². The van der Waals surface area contributed by atoms with Gasteiger partial charge < -0.3 is 5.32 Å². The van der Waals surface area contributed by atoms with Crippen molar-refractivity contribution in [2.75, 3.05) is 0 Å². The number of rotatable bonds is 3. The maximum Gasteiger partial charge on any atom is 0.273 e. The molecule has 0 atom stereocenters. The summed E-state index contributed by atoms with van der Waals surface area (Å²) < 4.78 is 1.49. The summed E-state index contributed by atoms with van der Waals surface area (Å²) in [5.41, 5.74) is 1.69. The van der Waals surface area contributed by atoms with E-state index in [-0.39, 0.29) is 11.6 Å². The van der Waals surface area contributed by atoms with Crippen LogP contribution in [0.25, 0.3) is 0 Å². The molecule has 0 aliphatic heterocycles. The Labute approximate surface area is 115 Å². The molecule has 1 aromatic carbocycles. The summed E-state index contributed by atoms with van der Waals surface area (Å²) in [7, 11) is 1.70. The van der Waals surface area contributed by atoms with Gasteiger partial charge in [-0.15, -0.1) is 0 Å². The van der Waals surface area contributed by atoms with Gasteiger partial charge in [0.1, 0.15) is 0 Å². The summed E-state index contributed by atoms with van der Waals surface area (Å²) in [5, 5.41) is 15.7. The second-order valence-corrected chi connectivity index (χ2v) is 4.40. The summed E-state index contributed by atoms with van der Waals surface area (Å²) >= 11 is 5.88. The number of aryl methyl sites for hydroxylation is 1. The normalized spacial score (nSPS) is 9.95. The highest BCUT2D eigenvalue weighted by Crippen LogP contribution is 2.13. The Morgan fingerprint density at radius 3 is 2.68 bits per heavy atom.